The van der Waals surface area contributed by atoms with Gasteiger partial charge in [0, 0.05) is 10.2 Å². The van der Waals surface area contributed by atoms with Crippen molar-refractivity contribution in [3.8, 4) is 0 Å². The van der Waals surface area contributed by atoms with Crippen LogP contribution in [0.3, 0.4) is 0 Å². The highest BCUT2D eigenvalue weighted by Gasteiger charge is 1.92. The number of unbranched alkanes of at least 4 members (excludes halogenated alkanes) is 2. The number of hydrogen-bond donors (Lipinski definition) is 0. The molecule has 0 saturated heterocycles. The van der Waals surface area contributed by atoms with Gasteiger partial charge in [0.1, 0.15) is 0 Å². The predicted molar refractivity (Wildman–Crippen MR) is 52.4 cm³/mol. The van der Waals surface area contributed by atoms with Crippen molar-refractivity contribution in [2.75, 3.05) is 0 Å². The SMILES string of the molecule is C=C([SiH3])C(=C)CCCCC. The van der Waals surface area contributed by atoms with Crippen LogP contribution in [0.5, 0.6) is 0 Å². The first-order chi connectivity index (χ1) is 4.68. The molecule has 0 saturated carbocycles. The first kappa shape index (κ1) is 9.70. The fraction of sp³-hybridized carbons (Fsp3) is 0.556. The van der Waals surface area contributed by atoms with Gasteiger partial charge in [-0.15, -0.1) is 6.58 Å². The Morgan fingerprint density at radius 3 is 2.30 bits per heavy atom. The van der Waals surface area contributed by atoms with Gasteiger partial charge in [-0.2, -0.15) is 0 Å². The maximum Gasteiger partial charge on any atom is 0.0380 e. The van der Waals surface area contributed by atoms with Crippen LogP contribution in [-0.4, -0.2) is 10.2 Å². The molecule has 0 radical (unpaired) electrons. The van der Waals surface area contributed by atoms with E-state index in [2.05, 4.69) is 20.1 Å². The lowest BCUT2D eigenvalue weighted by atomic mass is 10.1. The standard InChI is InChI=1S/C9H18Si/c1-4-5-6-7-8(2)9(3)10/h2-7H2,1,10H3. The van der Waals surface area contributed by atoms with E-state index in [0.29, 0.717) is 0 Å². The van der Waals surface area contributed by atoms with E-state index in [0.717, 1.165) is 16.7 Å². The molecule has 0 aromatic carbocycles. The molecular weight excluding hydrogens is 136 g/mol. The summed E-state index contributed by atoms with van der Waals surface area (Å²) in [4.78, 5) is 0. The van der Waals surface area contributed by atoms with Crippen LogP contribution in [0.2, 0.25) is 0 Å². The Labute approximate surface area is 67.5 Å². The molecule has 0 aliphatic rings. The van der Waals surface area contributed by atoms with Crippen LogP contribution in [0.25, 0.3) is 0 Å². The van der Waals surface area contributed by atoms with Crippen molar-refractivity contribution in [1.82, 2.24) is 0 Å². The van der Waals surface area contributed by atoms with Crippen LogP contribution in [-0.2, 0) is 0 Å². The van der Waals surface area contributed by atoms with E-state index in [1.165, 1.54) is 30.0 Å². The molecule has 1 heteroatoms. The fourth-order valence-corrected chi connectivity index (χ4v) is 1.05. The summed E-state index contributed by atoms with van der Waals surface area (Å²) in [5, 5.41) is 1.27. The van der Waals surface area contributed by atoms with Crippen LogP contribution >= 0.6 is 0 Å². The molecule has 0 bridgehead atoms. The second-order valence-corrected chi connectivity index (χ2v) is 4.05. The zero-order valence-electron chi connectivity index (χ0n) is 7.24. The lowest BCUT2D eigenvalue weighted by Crippen LogP contribution is -1.85. The molecule has 0 spiro atoms. The van der Waals surface area contributed by atoms with Crippen LogP contribution in [0.1, 0.15) is 32.6 Å². The Morgan fingerprint density at radius 2 is 1.90 bits per heavy atom. The molecule has 0 atom stereocenters. The highest BCUT2D eigenvalue weighted by Crippen LogP contribution is 2.11. The van der Waals surface area contributed by atoms with Crippen LogP contribution in [0.15, 0.2) is 23.9 Å². The quantitative estimate of drug-likeness (QED) is 0.323. The van der Waals surface area contributed by atoms with E-state index >= 15 is 0 Å². The molecule has 58 valence electrons. The summed E-state index contributed by atoms with van der Waals surface area (Å²) in [7, 11) is 1.08. The van der Waals surface area contributed by atoms with E-state index in [1.54, 1.807) is 0 Å². The Balaban J connectivity index is 3.31. The minimum atomic E-state index is 1.08. The highest BCUT2D eigenvalue weighted by molar-refractivity contribution is 6.23. The molecule has 0 fully saturated rings. The average Bonchev–Trinajstić information content (AvgIpc) is 1.88. The minimum absolute atomic E-state index is 1.08. The first-order valence-corrected chi connectivity index (χ1v) is 5.02. The highest BCUT2D eigenvalue weighted by atomic mass is 28.1. The summed E-state index contributed by atoms with van der Waals surface area (Å²) in [5.41, 5.74) is 1.28. The molecule has 0 aromatic heterocycles. The Bertz CT molecular complexity index is 125. The predicted octanol–water partition coefficient (Wildman–Crippen LogP) is 2.00. The summed E-state index contributed by atoms with van der Waals surface area (Å²) in [6, 6.07) is 0. The minimum Gasteiger partial charge on any atom is -0.101 e. The molecule has 0 amide bonds. The monoisotopic (exact) mass is 154 g/mol. The van der Waals surface area contributed by atoms with Crippen molar-refractivity contribution in [2.24, 2.45) is 0 Å². The summed E-state index contributed by atoms with van der Waals surface area (Å²) in [6.45, 7) is 10.1. The molecule has 0 aliphatic heterocycles. The van der Waals surface area contributed by atoms with Crippen molar-refractivity contribution in [3.05, 3.63) is 23.9 Å². The van der Waals surface area contributed by atoms with Crippen LogP contribution < -0.4 is 0 Å². The average molecular weight is 154 g/mol. The van der Waals surface area contributed by atoms with Crippen molar-refractivity contribution >= 4 is 10.2 Å². The molecule has 0 aromatic rings. The molecule has 10 heavy (non-hydrogen) atoms. The first-order valence-electron chi connectivity index (χ1n) is 4.02. The van der Waals surface area contributed by atoms with Crippen molar-refractivity contribution in [1.29, 1.82) is 0 Å². The third kappa shape index (κ3) is 4.56. The Hall–Kier alpha value is -0.303. The maximum atomic E-state index is 3.96. The van der Waals surface area contributed by atoms with E-state index in [9.17, 15) is 0 Å². The third-order valence-corrected chi connectivity index (χ3v) is 2.39. The lowest BCUT2D eigenvalue weighted by molar-refractivity contribution is 0.719. The van der Waals surface area contributed by atoms with E-state index < -0.39 is 0 Å². The second-order valence-electron chi connectivity index (χ2n) is 2.84. The van der Waals surface area contributed by atoms with Gasteiger partial charge >= 0.3 is 0 Å². The number of rotatable bonds is 5. The smallest absolute Gasteiger partial charge is 0.0380 e. The van der Waals surface area contributed by atoms with E-state index in [4.69, 9.17) is 0 Å². The molecule has 0 N–H and O–H groups in total. The Morgan fingerprint density at radius 1 is 1.30 bits per heavy atom. The van der Waals surface area contributed by atoms with E-state index in [-0.39, 0.29) is 0 Å². The molecule has 0 unspecified atom stereocenters. The van der Waals surface area contributed by atoms with Gasteiger partial charge in [-0.05, 0) is 12.8 Å². The van der Waals surface area contributed by atoms with Crippen LogP contribution in [0, 0.1) is 0 Å². The molecule has 0 rings (SSSR count). The molecule has 0 aliphatic carbocycles. The van der Waals surface area contributed by atoms with Gasteiger partial charge in [-0.3, -0.25) is 0 Å². The van der Waals surface area contributed by atoms with Gasteiger partial charge < -0.3 is 0 Å². The third-order valence-electron chi connectivity index (χ3n) is 1.69. The summed E-state index contributed by atoms with van der Waals surface area (Å²) in [6.07, 6.45) is 5.07. The van der Waals surface area contributed by atoms with Crippen molar-refractivity contribution in [2.45, 2.75) is 32.6 Å². The topological polar surface area (TPSA) is 0 Å². The largest absolute Gasteiger partial charge is 0.101 e. The number of hydrogen-bond acceptors (Lipinski definition) is 0. The number of allylic oxidation sites excluding steroid dienone is 2. The fourth-order valence-electron chi connectivity index (χ4n) is 0.802. The zero-order valence-corrected chi connectivity index (χ0v) is 9.24. The van der Waals surface area contributed by atoms with Gasteiger partial charge in [0.15, 0.2) is 0 Å². The maximum absolute atomic E-state index is 3.96. The van der Waals surface area contributed by atoms with Gasteiger partial charge in [-0.25, -0.2) is 0 Å². The van der Waals surface area contributed by atoms with Crippen molar-refractivity contribution < 1.29 is 0 Å². The summed E-state index contributed by atoms with van der Waals surface area (Å²) in [5.74, 6) is 0. The Kier molecular flexibility index (Phi) is 5.31. The lowest BCUT2D eigenvalue weighted by Gasteiger charge is -2.02. The van der Waals surface area contributed by atoms with Gasteiger partial charge in [0.2, 0.25) is 0 Å². The molecule has 0 heterocycles. The summed E-state index contributed by atoms with van der Waals surface area (Å²) >= 11 is 0. The van der Waals surface area contributed by atoms with Gasteiger partial charge in [-0.1, -0.05) is 37.1 Å². The zero-order chi connectivity index (χ0) is 7.98. The normalized spacial score (nSPS) is 9.70. The van der Waals surface area contributed by atoms with Gasteiger partial charge in [0.05, 0.1) is 0 Å². The summed E-state index contributed by atoms with van der Waals surface area (Å²) < 4.78 is 0. The van der Waals surface area contributed by atoms with Gasteiger partial charge in [0.25, 0.3) is 0 Å². The molecule has 0 nitrogen and oxygen atoms in total. The van der Waals surface area contributed by atoms with Crippen LogP contribution in [0.4, 0.5) is 0 Å². The second kappa shape index (κ2) is 5.48. The molecular formula is C9H18Si. The van der Waals surface area contributed by atoms with Crippen molar-refractivity contribution in [3.63, 3.8) is 0 Å². The van der Waals surface area contributed by atoms with E-state index in [1.807, 2.05) is 0 Å².